The van der Waals surface area contributed by atoms with Crippen LogP contribution >= 0.6 is 35.7 Å². The molecule has 0 aromatic heterocycles. The summed E-state index contributed by atoms with van der Waals surface area (Å²) in [5.41, 5.74) is 1.19. The lowest BCUT2D eigenvalue weighted by atomic mass is 10.1. The molecule has 4 nitrogen and oxygen atoms in total. The minimum absolute atomic E-state index is 0. The van der Waals surface area contributed by atoms with Gasteiger partial charge >= 0.3 is 0 Å². The SMILES string of the molecule is CCC1CN(C(=NC)NCC(OC)c2ccccc2)CCS1.I. The number of rotatable bonds is 5. The van der Waals surface area contributed by atoms with E-state index in [1.54, 1.807) is 7.11 Å². The maximum Gasteiger partial charge on any atom is 0.193 e. The highest BCUT2D eigenvalue weighted by Gasteiger charge is 2.22. The van der Waals surface area contributed by atoms with Crippen molar-refractivity contribution in [3.8, 4) is 0 Å². The summed E-state index contributed by atoms with van der Waals surface area (Å²) in [5.74, 6) is 2.16. The molecule has 2 rings (SSSR count). The summed E-state index contributed by atoms with van der Waals surface area (Å²) in [6, 6.07) is 10.3. The zero-order valence-electron chi connectivity index (χ0n) is 14.2. The van der Waals surface area contributed by atoms with Crippen LogP contribution in [0.1, 0.15) is 25.0 Å². The lowest BCUT2D eigenvalue weighted by Crippen LogP contribution is -2.48. The first kappa shape index (κ1) is 20.6. The number of nitrogens with zero attached hydrogens (tertiary/aromatic N) is 2. The largest absolute Gasteiger partial charge is 0.375 e. The van der Waals surface area contributed by atoms with Crippen LogP contribution in [0.25, 0.3) is 0 Å². The van der Waals surface area contributed by atoms with E-state index in [1.807, 2.05) is 25.2 Å². The minimum Gasteiger partial charge on any atom is -0.375 e. The van der Waals surface area contributed by atoms with E-state index in [0.717, 1.165) is 25.6 Å². The summed E-state index contributed by atoms with van der Waals surface area (Å²) >= 11 is 2.07. The highest BCUT2D eigenvalue weighted by Crippen LogP contribution is 2.21. The highest BCUT2D eigenvalue weighted by atomic mass is 127. The van der Waals surface area contributed by atoms with E-state index in [1.165, 1.54) is 17.7 Å². The van der Waals surface area contributed by atoms with Crippen molar-refractivity contribution in [2.24, 2.45) is 4.99 Å². The van der Waals surface area contributed by atoms with Crippen molar-refractivity contribution >= 4 is 41.7 Å². The smallest absolute Gasteiger partial charge is 0.193 e. The van der Waals surface area contributed by atoms with E-state index in [4.69, 9.17) is 4.74 Å². The van der Waals surface area contributed by atoms with Crippen molar-refractivity contribution < 1.29 is 4.74 Å². The molecule has 0 spiro atoms. The normalized spacial score (nSPS) is 19.9. The summed E-state index contributed by atoms with van der Waals surface area (Å²) in [7, 11) is 3.61. The molecule has 1 aliphatic rings. The quantitative estimate of drug-likeness (QED) is 0.425. The molecule has 130 valence electrons. The van der Waals surface area contributed by atoms with Gasteiger partial charge in [-0.25, -0.2) is 0 Å². The summed E-state index contributed by atoms with van der Waals surface area (Å²) in [4.78, 5) is 6.81. The fourth-order valence-electron chi connectivity index (χ4n) is 2.68. The van der Waals surface area contributed by atoms with Gasteiger partial charge < -0.3 is 15.0 Å². The topological polar surface area (TPSA) is 36.9 Å². The van der Waals surface area contributed by atoms with Crippen LogP contribution < -0.4 is 5.32 Å². The van der Waals surface area contributed by atoms with Gasteiger partial charge in [0.25, 0.3) is 0 Å². The van der Waals surface area contributed by atoms with Crippen LogP contribution in [0.15, 0.2) is 35.3 Å². The van der Waals surface area contributed by atoms with Crippen LogP contribution in [0.5, 0.6) is 0 Å². The Hall–Kier alpha value is -0.470. The van der Waals surface area contributed by atoms with Crippen molar-refractivity contribution in [1.29, 1.82) is 0 Å². The number of hydrogen-bond acceptors (Lipinski definition) is 3. The van der Waals surface area contributed by atoms with Crippen LogP contribution in [-0.2, 0) is 4.74 Å². The molecule has 1 aromatic carbocycles. The fourth-order valence-corrected chi connectivity index (χ4v) is 3.86. The van der Waals surface area contributed by atoms with Gasteiger partial charge in [0.1, 0.15) is 0 Å². The molecule has 0 aliphatic carbocycles. The molecule has 0 saturated carbocycles. The first-order chi connectivity index (χ1) is 10.8. The third-order valence-corrected chi connectivity index (χ3v) is 5.38. The second-order valence-corrected chi connectivity index (χ2v) is 6.82. The van der Waals surface area contributed by atoms with E-state index >= 15 is 0 Å². The van der Waals surface area contributed by atoms with Gasteiger partial charge in [0, 0.05) is 44.8 Å². The third-order valence-electron chi connectivity index (χ3n) is 4.01. The van der Waals surface area contributed by atoms with Gasteiger partial charge in [0.15, 0.2) is 5.96 Å². The molecule has 0 radical (unpaired) electrons. The Bertz CT molecular complexity index is 472. The summed E-state index contributed by atoms with van der Waals surface area (Å²) < 4.78 is 5.62. The van der Waals surface area contributed by atoms with Crippen LogP contribution in [-0.4, -0.2) is 55.7 Å². The van der Waals surface area contributed by atoms with Gasteiger partial charge in [-0.15, -0.1) is 24.0 Å². The molecule has 1 heterocycles. The maximum atomic E-state index is 5.62. The summed E-state index contributed by atoms with van der Waals surface area (Å²) in [6.07, 6.45) is 1.25. The molecule has 1 aromatic rings. The lowest BCUT2D eigenvalue weighted by molar-refractivity contribution is 0.106. The molecule has 0 amide bonds. The summed E-state index contributed by atoms with van der Waals surface area (Å²) in [5, 5.41) is 4.18. The Morgan fingerprint density at radius 1 is 1.43 bits per heavy atom. The first-order valence-corrected chi connectivity index (χ1v) is 8.98. The fraction of sp³-hybridized carbons (Fsp3) is 0.588. The number of ether oxygens (including phenoxy) is 1. The van der Waals surface area contributed by atoms with Gasteiger partial charge in [-0.2, -0.15) is 11.8 Å². The number of hydrogen-bond donors (Lipinski definition) is 1. The first-order valence-electron chi connectivity index (χ1n) is 7.93. The zero-order valence-corrected chi connectivity index (χ0v) is 17.3. The van der Waals surface area contributed by atoms with Crippen molar-refractivity contribution in [2.75, 3.05) is 39.5 Å². The molecule has 1 aliphatic heterocycles. The molecule has 0 bridgehead atoms. The predicted octanol–water partition coefficient (Wildman–Crippen LogP) is 3.39. The lowest BCUT2D eigenvalue weighted by Gasteiger charge is -2.34. The Morgan fingerprint density at radius 3 is 2.78 bits per heavy atom. The molecule has 6 heteroatoms. The molecule has 2 atom stereocenters. The van der Waals surface area contributed by atoms with E-state index in [9.17, 15) is 0 Å². The zero-order chi connectivity index (χ0) is 15.8. The van der Waals surface area contributed by atoms with E-state index in [0.29, 0.717) is 5.25 Å². The average molecular weight is 449 g/mol. The standard InChI is InChI=1S/C17H27N3OS.HI/c1-4-15-13-20(10-11-22-15)17(18-2)19-12-16(21-3)14-8-6-5-7-9-14;/h5-9,15-16H,4,10-13H2,1-3H3,(H,18,19);1H. The van der Waals surface area contributed by atoms with E-state index < -0.39 is 0 Å². The number of aliphatic imine (C=N–C) groups is 1. The van der Waals surface area contributed by atoms with Crippen LogP contribution in [0.4, 0.5) is 0 Å². The molecule has 23 heavy (non-hydrogen) atoms. The van der Waals surface area contributed by atoms with Gasteiger partial charge in [-0.3, -0.25) is 4.99 Å². The maximum absolute atomic E-state index is 5.62. The number of halogens is 1. The Balaban J connectivity index is 0.00000264. The predicted molar refractivity (Wildman–Crippen MR) is 111 cm³/mol. The molecular weight excluding hydrogens is 421 g/mol. The highest BCUT2D eigenvalue weighted by molar-refractivity contribution is 14.0. The second-order valence-electron chi connectivity index (χ2n) is 5.41. The Labute approximate surface area is 161 Å². The molecule has 1 N–H and O–H groups in total. The van der Waals surface area contributed by atoms with Gasteiger partial charge in [-0.1, -0.05) is 37.3 Å². The van der Waals surface area contributed by atoms with Crippen LogP contribution in [0.2, 0.25) is 0 Å². The Kier molecular flexibility index (Phi) is 9.97. The van der Waals surface area contributed by atoms with Crippen LogP contribution in [0, 0.1) is 0 Å². The van der Waals surface area contributed by atoms with Gasteiger partial charge in [0.05, 0.1) is 6.10 Å². The minimum atomic E-state index is 0. The number of guanidine groups is 1. The van der Waals surface area contributed by atoms with Crippen LogP contribution in [0.3, 0.4) is 0 Å². The average Bonchev–Trinajstić information content (AvgIpc) is 2.60. The monoisotopic (exact) mass is 449 g/mol. The number of methoxy groups -OCH3 is 1. The summed E-state index contributed by atoms with van der Waals surface area (Å²) in [6.45, 7) is 5.12. The number of benzene rings is 1. The second kappa shape index (κ2) is 11.1. The molecular formula is C17H28IN3OS. The third kappa shape index (κ3) is 6.15. The van der Waals surface area contributed by atoms with Gasteiger partial charge in [0.2, 0.25) is 0 Å². The van der Waals surface area contributed by atoms with Crippen molar-refractivity contribution in [3.63, 3.8) is 0 Å². The van der Waals surface area contributed by atoms with E-state index in [-0.39, 0.29) is 30.1 Å². The van der Waals surface area contributed by atoms with Crippen molar-refractivity contribution in [2.45, 2.75) is 24.7 Å². The molecule has 1 fully saturated rings. The molecule has 1 saturated heterocycles. The number of nitrogens with one attached hydrogen (secondary N) is 1. The Morgan fingerprint density at radius 2 is 2.17 bits per heavy atom. The van der Waals surface area contributed by atoms with Gasteiger partial charge in [-0.05, 0) is 12.0 Å². The van der Waals surface area contributed by atoms with Crippen molar-refractivity contribution in [3.05, 3.63) is 35.9 Å². The molecule has 2 unspecified atom stereocenters. The van der Waals surface area contributed by atoms with Crippen molar-refractivity contribution in [1.82, 2.24) is 10.2 Å². The number of thioether (sulfide) groups is 1. The van der Waals surface area contributed by atoms with E-state index in [2.05, 4.69) is 46.0 Å².